The number of hydrogen-bond acceptors (Lipinski definition) is 4. The average Bonchev–Trinajstić information content (AvgIpc) is 2.80. The average molecular weight is 253 g/mol. The molecule has 3 aromatic heterocycles. The molecule has 19 heavy (non-hydrogen) atoms. The Hall–Kier alpha value is -2.76. The smallest absolute Gasteiger partial charge is 0.268 e. The maximum atomic E-state index is 11.1. The number of carbonyl (C=O) groups excluding carboxylic acids is 1. The molecular weight excluding hydrogens is 242 g/mol. The van der Waals surface area contributed by atoms with Crippen LogP contribution >= 0.6 is 0 Å². The van der Waals surface area contributed by atoms with Gasteiger partial charge >= 0.3 is 0 Å². The van der Waals surface area contributed by atoms with E-state index in [9.17, 15) is 4.79 Å². The van der Waals surface area contributed by atoms with E-state index < -0.39 is 5.91 Å². The molecule has 3 aromatic rings. The molecule has 0 atom stereocenters. The van der Waals surface area contributed by atoms with Gasteiger partial charge in [0.05, 0.1) is 18.1 Å². The minimum absolute atomic E-state index is 0.153. The Balaban J connectivity index is 2.15. The normalized spacial score (nSPS) is 10.8. The molecule has 0 unspecified atom stereocenters. The summed E-state index contributed by atoms with van der Waals surface area (Å²) in [6.45, 7) is 1.97. The third-order valence-corrected chi connectivity index (χ3v) is 2.87. The largest absolute Gasteiger partial charge is 0.364 e. The van der Waals surface area contributed by atoms with Crippen molar-refractivity contribution in [1.29, 1.82) is 0 Å². The molecule has 0 aliphatic rings. The summed E-state index contributed by atoms with van der Waals surface area (Å²) in [7, 11) is 0. The molecule has 6 nitrogen and oxygen atoms in total. The van der Waals surface area contributed by atoms with E-state index in [-0.39, 0.29) is 5.69 Å². The van der Waals surface area contributed by atoms with E-state index in [2.05, 4.69) is 15.0 Å². The lowest BCUT2D eigenvalue weighted by molar-refractivity contribution is 0.0995. The fourth-order valence-electron chi connectivity index (χ4n) is 1.88. The van der Waals surface area contributed by atoms with Crippen LogP contribution in [0.15, 0.2) is 36.9 Å². The number of rotatable bonds is 2. The van der Waals surface area contributed by atoms with Crippen molar-refractivity contribution in [3.05, 3.63) is 48.3 Å². The van der Waals surface area contributed by atoms with Crippen molar-refractivity contribution in [3.63, 3.8) is 0 Å². The van der Waals surface area contributed by atoms with Gasteiger partial charge in [0.25, 0.3) is 5.91 Å². The van der Waals surface area contributed by atoms with Crippen LogP contribution in [0.4, 0.5) is 0 Å². The number of nitrogens with zero attached hydrogens (tertiary/aromatic N) is 4. The van der Waals surface area contributed by atoms with Gasteiger partial charge in [-0.3, -0.25) is 9.78 Å². The molecule has 0 saturated carbocycles. The molecule has 0 radical (unpaired) electrons. The van der Waals surface area contributed by atoms with Crippen LogP contribution in [0.1, 0.15) is 16.2 Å². The lowest BCUT2D eigenvalue weighted by Gasteiger charge is -2.04. The fourth-order valence-corrected chi connectivity index (χ4v) is 1.88. The van der Waals surface area contributed by atoms with Crippen LogP contribution < -0.4 is 5.73 Å². The Labute approximate surface area is 108 Å². The molecule has 0 fully saturated rings. The van der Waals surface area contributed by atoms with Crippen molar-refractivity contribution < 1.29 is 4.79 Å². The second kappa shape index (κ2) is 4.16. The highest BCUT2D eigenvalue weighted by atomic mass is 16.1. The van der Waals surface area contributed by atoms with Crippen molar-refractivity contribution in [2.75, 3.05) is 0 Å². The molecule has 3 rings (SSSR count). The van der Waals surface area contributed by atoms with E-state index in [1.165, 1.54) is 6.20 Å². The molecule has 0 spiro atoms. The van der Waals surface area contributed by atoms with Gasteiger partial charge in [-0.15, -0.1) is 0 Å². The van der Waals surface area contributed by atoms with Gasteiger partial charge in [0.1, 0.15) is 11.3 Å². The predicted molar refractivity (Wildman–Crippen MR) is 69.5 cm³/mol. The summed E-state index contributed by atoms with van der Waals surface area (Å²) in [5.74, 6) is -0.589. The van der Waals surface area contributed by atoms with Crippen molar-refractivity contribution in [2.24, 2.45) is 5.73 Å². The van der Waals surface area contributed by atoms with Gasteiger partial charge in [-0.25, -0.2) is 9.97 Å². The molecule has 1 amide bonds. The Bertz CT molecular complexity index is 778. The predicted octanol–water partition coefficient (Wildman–Crippen LogP) is 1.20. The Kier molecular flexibility index (Phi) is 2.49. The number of fused-ring (bicyclic) bond motifs is 1. The first kappa shape index (κ1) is 11.3. The highest BCUT2D eigenvalue weighted by molar-refractivity contribution is 5.90. The molecule has 2 N–H and O–H groups in total. The van der Waals surface area contributed by atoms with Gasteiger partial charge in [-0.2, -0.15) is 0 Å². The number of hydrogen-bond donors (Lipinski definition) is 1. The molecule has 0 bridgehead atoms. The molecule has 0 aliphatic heterocycles. The Morgan fingerprint density at radius 2 is 2.11 bits per heavy atom. The Morgan fingerprint density at radius 3 is 2.89 bits per heavy atom. The molecule has 3 heterocycles. The number of nitrogens with two attached hydrogens (primary N) is 1. The number of primary amides is 1. The van der Waals surface area contributed by atoms with Gasteiger partial charge in [0.15, 0.2) is 0 Å². The van der Waals surface area contributed by atoms with Crippen molar-refractivity contribution >= 4 is 11.6 Å². The highest BCUT2D eigenvalue weighted by Crippen LogP contribution is 2.18. The number of amides is 1. The second-order valence-corrected chi connectivity index (χ2v) is 4.20. The molecular formula is C13H11N5O. The number of aromatic nitrogens is 4. The van der Waals surface area contributed by atoms with Crippen molar-refractivity contribution in [3.8, 4) is 11.3 Å². The zero-order valence-electron chi connectivity index (χ0n) is 10.2. The molecule has 0 aliphatic carbocycles. The van der Waals surface area contributed by atoms with Crippen LogP contribution in [0, 0.1) is 6.92 Å². The fraction of sp³-hybridized carbons (Fsp3) is 0.0769. The summed E-state index contributed by atoms with van der Waals surface area (Å²) in [6.07, 6.45) is 6.66. The molecule has 94 valence electrons. The van der Waals surface area contributed by atoms with Crippen molar-refractivity contribution in [1.82, 2.24) is 19.4 Å². The van der Waals surface area contributed by atoms with E-state index in [0.717, 1.165) is 16.9 Å². The first-order valence-electron chi connectivity index (χ1n) is 5.71. The maximum Gasteiger partial charge on any atom is 0.268 e. The highest BCUT2D eigenvalue weighted by Gasteiger charge is 2.07. The van der Waals surface area contributed by atoms with Crippen LogP contribution in [-0.2, 0) is 0 Å². The Morgan fingerprint density at radius 1 is 1.26 bits per heavy atom. The lowest BCUT2D eigenvalue weighted by atomic mass is 10.2. The van der Waals surface area contributed by atoms with Crippen LogP contribution in [0.2, 0.25) is 0 Å². The third-order valence-electron chi connectivity index (χ3n) is 2.87. The van der Waals surface area contributed by atoms with Crippen LogP contribution in [0.3, 0.4) is 0 Å². The van der Waals surface area contributed by atoms with Crippen LogP contribution in [0.25, 0.3) is 16.9 Å². The summed E-state index contributed by atoms with van der Waals surface area (Å²) in [5, 5.41) is 0. The zero-order chi connectivity index (χ0) is 13.4. The summed E-state index contributed by atoms with van der Waals surface area (Å²) >= 11 is 0. The van der Waals surface area contributed by atoms with E-state index in [4.69, 9.17) is 5.73 Å². The monoisotopic (exact) mass is 253 g/mol. The van der Waals surface area contributed by atoms with Gasteiger partial charge in [-0.05, 0) is 19.1 Å². The second-order valence-electron chi connectivity index (χ2n) is 4.20. The van der Waals surface area contributed by atoms with Gasteiger partial charge in [0, 0.05) is 23.7 Å². The quantitative estimate of drug-likeness (QED) is 0.743. The third kappa shape index (κ3) is 1.93. The number of imidazole rings is 1. The van der Waals surface area contributed by atoms with E-state index in [1.54, 1.807) is 12.4 Å². The van der Waals surface area contributed by atoms with Crippen molar-refractivity contribution in [2.45, 2.75) is 6.92 Å². The maximum absolute atomic E-state index is 11.1. The zero-order valence-corrected chi connectivity index (χ0v) is 10.2. The summed E-state index contributed by atoms with van der Waals surface area (Å²) in [4.78, 5) is 23.5. The van der Waals surface area contributed by atoms with Crippen LogP contribution in [0.5, 0.6) is 0 Å². The van der Waals surface area contributed by atoms with E-state index >= 15 is 0 Å². The topological polar surface area (TPSA) is 86.2 Å². The summed E-state index contributed by atoms with van der Waals surface area (Å²) < 4.78 is 1.95. The molecule has 0 aromatic carbocycles. The summed E-state index contributed by atoms with van der Waals surface area (Å²) in [6, 6.07) is 3.78. The molecule has 6 heteroatoms. The number of pyridine rings is 1. The lowest BCUT2D eigenvalue weighted by Crippen LogP contribution is -2.13. The molecule has 0 saturated heterocycles. The SMILES string of the molecule is Cc1cnc2ccc(-c3cncc(C(N)=O)n3)cn12. The standard InChI is InChI=1S/C13H11N5O/c1-8-4-16-12-3-2-9(7-18(8)12)10-5-15-6-11(17-10)13(14)19/h2-7H,1H3,(H2,14,19). The number of carbonyl (C=O) groups is 1. The first-order chi connectivity index (χ1) is 9.15. The summed E-state index contributed by atoms with van der Waals surface area (Å²) in [5.41, 5.74) is 8.69. The minimum atomic E-state index is -0.589. The van der Waals surface area contributed by atoms with Gasteiger partial charge in [-0.1, -0.05) is 0 Å². The number of aryl methyl sites for hydroxylation is 1. The van der Waals surface area contributed by atoms with Gasteiger partial charge in [0.2, 0.25) is 0 Å². The van der Waals surface area contributed by atoms with Crippen LogP contribution in [-0.4, -0.2) is 25.3 Å². The van der Waals surface area contributed by atoms with Gasteiger partial charge < -0.3 is 10.1 Å². The minimum Gasteiger partial charge on any atom is -0.364 e. The first-order valence-corrected chi connectivity index (χ1v) is 5.71. The van der Waals surface area contributed by atoms with E-state index in [0.29, 0.717) is 5.69 Å². The van der Waals surface area contributed by atoms with E-state index in [1.807, 2.05) is 29.7 Å².